The zero-order valence-electron chi connectivity index (χ0n) is 13.6. The van der Waals surface area contributed by atoms with Gasteiger partial charge in [-0.15, -0.1) is 0 Å². The van der Waals surface area contributed by atoms with E-state index in [1.807, 2.05) is 0 Å². The van der Waals surface area contributed by atoms with Crippen molar-refractivity contribution in [2.75, 3.05) is 14.2 Å². The lowest BCUT2D eigenvalue weighted by atomic mass is 9.98. The Balaban J connectivity index is 2.14. The predicted octanol–water partition coefficient (Wildman–Crippen LogP) is 2.67. The number of ether oxygens (including phenoxy) is 2. The number of benzene rings is 1. The molecule has 0 radical (unpaired) electrons. The van der Waals surface area contributed by atoms with Gasteiger partial charge in [-0.25, -0.2) is 0 Å². The van der Waals surface area contributed by atoms with Crippen LogP contribution in [0.1, 0.15) is 36.0 Å². The normalized spacial score (nSPS) is 24.9. The van der Waals surface area contributed by atoms with Crippen molar-refractivity contribution >= 4 is 5.97 Å². The van der Waals surface area contributed by atoms with Crippen LogP contribution < -0.4 is 10.1 Å². The number of esters is 1. The summed E-state index contributed by atoms with van der Waals surface area (Å²) in [7, 11) is 3.24. The quantitative estimate of drug-likeness (QED) is 0.866. The number of likely N-dealkylation sites (N-methyl/N-ethyl adjacent to an activating group) is 1. The van der Waals surface area contributed by atoms with Gasteiger partial charge in [-0.3, -0.25) is 4.79 Å². The second-order valence-corrected chi connectivity index (χ2v) is 6.01. The molecule has 1 aromatic carbocycles. The second kappa shape index (κ2) is 6.06. The highest BCUT2D eigenvalue weighted by atomic mass is 16.5. The lowest BCUT2D eigenvalue weighted by molar-refractivity contribution is -0.148. The second-order valence-electron chi connectivity index (χ2n) is 6.01. The molecular formula is C17H25NO3. The van der Waals surface area contributed by atoms with E-state index in [4.69, 9.17) is 9.47 Å². The fourth-order valence-electron chi connectivity index (χ4n) is 3.11. The van der Waals surface area contributed by atoms with E-state index < -0.39 is 5.54 Å². The summed E-state index contributed by atoms with van der Waals surface area (Å²) >= 11 is 0. The third-order valence-corrected chi connectivity index (χ3v) is 4.58. The lowest BCUT2D eigenvalue weighted by Gasteiger charge is -2.25. The van der Waals surface area contributed by atoms with Crippen molar-refractivity contribution < 1.29 is 14.3 Å². The molecule has 0 spiro atoms. The Bertz CT molecular complexity index is 541. The van der Waals surface area contributed by atoms with E-state index in [9.17, 15) is 4.79 Å². The number of hydrogen-bond donors (Lipinski definition) is 1. The molecule has 1 N–H and O–H groups in total. The molecule has 1 aliphatic rings. The number of aryl methyl sites for hydroxylation is 2. The van der Waals surface area contributed by atoms with Crippen LogP contribution in [0.15, 0.2) is 12.1 Å². The molecule has 0 heterocycles. The summed E-state index contributed by atoms with van der Waals surface area (Å²) in [5.74, 6) is 0.725. The summed E-state index contributed by atoms with van der Waals surface area (Å²) < 4.78 is 11.1. The molecule has 0 bridgehead atoms. The molecule has 2 unspecified atom stereocenters. The number of carbonyl (C=O) groups is 1. The Morgan fingerprint density at radius 3 is 2.67 bits per heavy atom. The van der Waals surface area contributed by atoms with Gasteiger partial charge in [0.1, 0.15) is 17.4 Å². The number of carbonyl (C=O) groups excluding carboxylic acids is 1. The average Bonchev–Trinajstić information content (AvgIpc) is 2.88. The van der Waals surface area contributed by atoms with E-state index in [1.165, 1.54) is 23.8 Å². The smallest absolute Gasteiger partial charge is 0.326 e. The van der Waals surface area contributed by atoms with Crippen molar-refractivity contribution in [2.45, 2.75) is 51.7 Å². The molecule has 1 saturated carbocycles. The van der Waals surface area contributed by atoms with Crippen LogP contribution in [-0.4, -0.2) is 31.8 Å². The standard InChI is InChI=1S/C17H25NO3/c1-11-8-12(2)13(3)15(9-11)21-14-6-7-17(10-14,18-4)16(19)20-5/h8-9,14,18H,6-7,10H2,1-5H3. The monoisotopic (exact) mass is 291 g/mol. The van der Waals surface area contributed by atoms with Gasteiger partial charge in [0.15, 0.2) is 0 Å². The van der Waals surface area contributed by atoms with Crippen molar-refractivity contribution in [1.82, 2.24) is 5.32 Å². The van der Waals surface area contributed by atoms with Crippen LogP contribution in [-0.2, 0) is 9.53 Å². The van der Waals surface area contributed by atoms with Crippen LogP contribution in [0.2, 0.25) is 0 Å². The van der Waals surface area contributed by atoms with Gasteiger partial charge in [-0.2, -0.15) is 0 Å². The van der Waals surface area contributed by atoms with Crippen LogP contribution in [0.5, 0.6) is 5.75 Å². The molecule has 1 fully saturated rings. The Hall–Kier alpha value is -1.55. The Kier molecular flexibility index (Phi) is 4.57. The van der Waals surface area contributed by atoms with Gasteiger partial charge in [0.2, 0.25) is 0 Å². The minimum absolute atomic E-state index is 0.0384. The Morgan fingerprint density at radius 1 is 1.33 bits per heavy atom. The summed E-state index contributed by atoms with van der Waals surface area (Å²) in [5, 5.41) is 3.13. The van der Waals surface area contributed by atoms with Crippen molar-refractivity contribution in [1.29, 1.82) is 0 Å². The van der Waals surface area contributed by atoms with E-state index in [0.717, 1.165) is 18.6 Å². The topological polar surface area (TPSA) is 47.6 Å². The van der Waals surface area contributed by atoms with Crippen molar-refractivity contribution in [2.24, 2.45) is 0 Å². The van der Waals surface area contributed by atoms with Gasteiger partial charge in [0, 0.05) is 6.42 Å². The van der Waals surface area contributed by atoms with Gasteiger partial charge < -0.3 is 14.8 Å². The van der Waals surface area contributed by atoms with Crippen LogP contribution in [0.25, 0.3) is 0 Å². The van der Waals surface area contributed by atoms with E-state index >= 15 is 0 Å². The van der Waals surface area contributed by atoms with Crippen LogP contribution in [0.3, 0.4) is 0 Å². The van der Waals surface area contributed by atoms with Crippen LogP contribution in [0.4, 0.5) is 0 Å². The molecule has 2 rings (SSSR count). The van der Waals surface area contributed by atoms with Gasteiger partial charge in [-0.1, -0.05) is 6.07 Å². The lowest BCUT2D eigenvalue weighted by Crippen LogP contribution is -2.49. The molecule has 1 aliphatic carbocycles. The third kappa shape index (κ3) is 3.05. The molecule has 4 nitrogen and oxygen atoms in total. The number of methoxy groups -OCH3 is 1. The molecular weight excluding hydrogens is 266 g/mol. The molecule has 0 amide bonds. The summed E-state index contributed by atoms with van der Waals surface area (Å²) in [4.78, 5) is 12.0. The molecule has 0 aromatic heterocycles. The Morgan fingerprint density at radius 2 is 2.05 bits per heavy atom. The van der Waals surface area contributed by atoms with Gasteiger partial charge >= 0.3 is 5.97 Å². The van der Waals surface area contributed by atoms with E-state index in [1.54, 1.807) is 7.05 Å². The number of rotatable bonds is 4. The fourth-order valence-corrected chi connectivity index (χ4v) is 3.11. The molecule has 21 heavy (non-hydrogen) atoms. The first-order valence-corrected chi connectivity index (χ1v) is 7.43. The van der Waals surface area contributed by atoms with E-state index in [-0.39, 0.29) is 12.1 Å². The minimum Gasteiger partial charge on any atom is -0.490 e. The zero-order chi connectivity index (χ0) is 15.6. The first kappa shape index (κ1) is 15.8. The highest BCUT2D eigenvalue weighted by Gasteiger charge is 2.46. The van der Waals surface area contributed by atoms with Crippen LogP contribution >= 0.6 is 0 Å². The third-order valence-electron chi connectivity index (χ3n) is 4.58. The SMILES string of the molecule is CNC1(C(=O)OC)CCC(Oc2cc(C)cc(C)c2C)C1. The predicted molar refractivity (Wildman–Crippen MR) is 82.7 cm³/mol. The van der Waals surface area contributed by atoms with Gasteiger partial charge in [0.05, 0.1) is 7.11 Å². The maximum atomic E-state index is 12.0. The van der Waals surface area contributed by atoms with Crippen molar-refractivity contribution in [3.63, 3.8) is 0 Å². The molecule has 0 saturated heterocycles. The van der Waals surface area contributed by atoms with Crippen LogP contribution in [0, 0.1) is 20.8 Å². The van der Waals surface area contributed by atoms with Crippen molar-refractivity contribution in [3.8, 4) is 5.75 Å². The molecule has 0 aliphatic heterocycles. The molecule has 2 atom stereocenters. The first-order chi connectivity index (χ1) is 9.91. The van der Waals surface area contributed by atoms with E-state index in [2.05, 4.69) is 38.2 Å². The number of nitrogens with one attached hydrogen (secondary N) is 1. The maximum Gasteiger partial charge on any atom is 0.326 e. The molecule has 4 heteroatoms. The number of hydrogen-bond acceptors (Lipinski definition) is 4. The molecule has 1 aromatic rings. The van der Waals surface area contributed by atoms with Crippen molar-refractivity contribution in [3.05, 3.63) is 28.8 Å². The van der Waals surface area contributed by atoms with Gasteiger partial charge in [0.25, 0.3) is 0 Å². The summed E-state index contributed by atoms with van der Waals surface area (Å²) in [5.41, 5.74) is 2.99. The zero-order valence-corrected chi connectivity index (χ0v) is 13.6. The largest absolute Gasteiger partial charge is 0.490 e. The fraction of sp³-hybridized carbons (Fsp3) is 0.588. The Labute approximate surface area is 126 Å². The maximum absolute atomic E-state index is 12.0. The molecule has 116 valence electrons. The highest BCUT2D eigenvalue weighted by molar-refractivity contribution is 5.81. The highest BCUT2D eigenvalue weighted by Crippen LogP contribution is 2.35. The average molecular weight is 291 g/mol. The first-order valence-electron chi connectivity index (χ1n) is 7.43. The van der Waals surface area contributed by atoms with E-state index in [0.29, 0.717) is 6.42 Å². The summed E-state index contributed by atoms with van der Waals surface area (Å²) in [6.07, 6.45) is 2.27. The van der Waals surface area contributed by atoms with Gasteiger partial charge in [-0.05, 0) is 63.4 Å². The summed E-state index contributed by atoms with van der Waals surface area (Å²) in [6.45, 7) is 6.24. The summed E-state index contributed by atoms with van der Waals surface area (Å²) in [6, 6.07) is 4.23. The minimum atomic E-state index is -0.605.